The fraction of sp³-hybridized carbons (Fsp3) is 0.750. The van der Waals surface area contributed by atoms with Gasteiger partial charge in [-0.05, 0) is 20.8 Å². The van der Waals surface area contributed by atoms with Crippen molar-refractivity contribution in [1.82, 2.24) is 0 Å². The summed E-state index contributed by atoms with van der Waals surface area (Å²) in [6, 6.07) is 0. The third-order valence-electron chi connectivity index (χ3n) is 2.84. The zero-order valence-corrected chi connectivity index (χ0v) is 11.2. The minimum atomic E-state index is -4.93. The highest BCUT2D eigenvalue weighted by Crippen LogP contribution is 2.40. The van der Waals surface area contributed by atoms with E-state index in [0.29, 0.717) is 0 Å². The first-order valence-electron chi connectivity index (χ1n) is 5.88. The Bertz CT molecular complexity index is 435. The van der Waals surface area contributed by atoms with Crippen LogP contribution in [0.25, 0.3) is 0 Å². The van der Waals surface area contributed by atoms with Crippen LogP contribution < -0.4 is 0 Å². The molecule has 1 N–H and O–H groups in total. The molecule has 0 aromatic heterocycles. The molecule has 1 fully saturated rings. The van der Waals surface area contributed by atoms with Crippen molar-refractivity contribution in [3.8, 4) is 0 Å². The number of halogens is 3. The Morgan fingerprint density at radius 1 is 1.25 bits per heavy atom. The van der Waals surface area contributed by atoms with Crippen molar-refractivity contribution in [3.05, 3.63) is 0 Å². The maximum absolute atomic E-state index is 12.8. The number of Topliss-reactive ketones (excluding diaryl/α,β-unsaturated/α-hetero) is 2. The fourth-order valence-electron chi connectivity index (χ4n) is 2.04. The van der Waals surface area contributed by atoms with Crippen LogP contribution in [0.3, 0.4) is 0 Å². The molecule has 0 aliphatic heterocycles. The van der Waals surface area contributed by atoms with Gasteiger partial charge in [0.25, 0.3) is 0 Å². The molecule has 0 radical (unpaired) electrons. The maximum atomic E-state index is 12.8. The number of ether oxygens (including phenoxy) is 1. The molecule has 0 saturated heterocycles. The summed E-state index contributed by atoms with van der Waals surface area (Å²) < 4.78 is 43.4. The number of carbonyl (C=O) groups is 3. The Morgan fingerprint density at radius 2 is 1.75 bits per heavy atom. The number of hydrogen-bond acceptors (Lipinski definition) is 4. The average Bonchev–Trinajstić information content (AvgIpc) is 2.19. The Morgan fingerprint density at radius 3 is 2.10 bits per heavy atom. The third-order valence-corrected chi connectivity index (χ3v) is 2.84. The van der Waals surface area contributed by atoms with E-state index >= 15 is 0 Å². The van der Waals surface area contributed by atoms with Gasteiger partial charge in [0.15, 0.2) is 17.7 Å². The monoisotopic (exact) mass is 296 g/mol. The topological polar surface area (TPSA) is 80.7 Å². The number of alkyl halides is 3. The second kappa shape index (κ2) is 5.16. The van der Waals surface area contributed by atoms with Gasteiger partial charge in [-0.25, -0.2) is 0 Å². The zero-order valence-electron chi connectivity index (χ0n) is 11.2. The van der Waals surface area contributed by atoms with Crippen molar-refractivity contribution in [1.29, 1.82) is 0 Å². The van der Waals surface area contributed by atoms with Gasteiger partial charge in [-0.3, -0.25) is 14.4 Å². The van der Waals surface area contributed by atoms with Crippen LogP contribution in [0.5, 0.6) is 0 Å². The van der Waals surface area contributed by atoms with Gasteiger partial charge in [-0.1, -0.05) is 0 Å². The lowest BCUT2D eigenvalue weighted by molar-refractivity contribution is -0.210. The van der Waals surface area contributed by atoms with E-state index in [2.05, 4.69) is 0 Å². The summed E-state index contributed by atoms with van der Waals surface area (Å²) in [4.78, 5) is 34.5. The van der Waals surface area contributed by atoms with E-state index in [-0.39, 0.29) is 0 Å². The molecule has 0 bridgehead atoms. The first kappa shape index (κ1) is 16.6. The van der Waals surface area contributed by atoms with Crippen molar-refractivity contribution in [2.75, 3.05) is 0 Å². The van der Waals surface area contributed by atoms with E-state index in [1.54, 1.807) is 0 Å². The van der Waals surface area contributed by atoms with Crippen LogP contribution in [0.2, 0.25) is 0 Å². The number of aliphatic carboxylic acids is 1. The van der Waals surface area contributed by atoms with Crippen molar-refractivity contribution < 1.29 is 37.4 Å². The second-order valence-corrected chi connectivity index (χ2v) is 5.65. The number of carboxylic acids is 1. The van der Waals surface area contributed by atoms with E-state index < -0.39 is 53.7 Å². The van der Waals surface area contributed by atoms with Gasteiger partial charge in [-0.15, -0.1) is 0 Å². The van der Waals surface area contributed by atoms with Crippen LogP contribution in [0, 0.1) is 11.8 Å². The maximum Gasteiger partial charge on any atom is 0.393 e. The van der Waals surface area contributed by atoms with Gasteiger partial charge < -0.3 is 9.84 Å². The quantitative estimate of drug-likeness (QED) is 0.783. The molecular formula is C12H15F3O5. The molecule has 1 aliphatic rings. The molecular weight excluding hydrogens is 281 g/mol. The molecule has 0 aromatic carbocycles. The lowest BCUT2D eigenvalue weighted by atomic mass is 9.75. The molecule has 0 spiro atoms. The number of carboxylic acid groups (broad SMARTS) is 1. The Balaban J connectivity index is 3.13. The Labute approximate surface area is 113 Å². The molecule has 0 aromatic rings. The third kappa shape index (κ3) is 3.56. The zero-order chi connectivity index (χ0) is 15.9. The van der Waals surface area contributed by atoms with E-state index in [1.807, 2.05) is 0 Å². The molecule has 0 heterocycles. The summed E-state index contributed by atoms with van der Waals surface area (Å²) >= 11 is 0. The molecule has 0 amide bonds. The van der Waals surface area contributed by atoms with Gasteiger partial charge in [0.2, 0.25) is 0 Å². The second-order valence-electron chi connectivity index (χ2n) is 5.65. The largest absolute Gasteiger partial charge is 0.481 e. The van der Waals surface area contributed by atoms with E-state index in [1.165, 1.54) is 20.8 Å². The van der Waals surface area contributed by atoms with Crippen LogP contribution in [0.1, 0.15) is 27.2 Å². The first-order valence-corrected chi connectivity index (χ1v) is 5.88. The lowest BCUT2D eigenvalue weighted by Crippen LogP contribution is -2.54. The van der Waals surface area contributed by atoms with Crippen LogP contribution in [-0.2, 0) is 19.1 Å². The normalized spacial score (nSPS) is 28.6. The van der Waals surface area contributed by atoms with E-state index in [4.69, 9.17) is 9.84 Å². The molecule has 1 saturated carbocycles. The van der Waals surface area contributed by atoms with Crippen LogP contribution in [-0.4, -0.2) is 40.5 Å². The van der Waals surface area contributed by atoms with E-state index in [9.17, 15) is 27.6 Å². The Kier molecular flexibility index (Phi) is 4.28. The predicted molar refractivity (Wildman–Crippen MR) is 59.9 cm³/mol. The van der Waals surface area contributed by atoms with Gasteiger partial charge >= 0.3 is 12.1 Å². The van der Waals surface area contributed by atoms with Crippen molar-refractivity contribution in [2.45, 2.75) is 45.1 Å². The highest BCUT2D eigenvalue weighted by atomic mass is 19.4. The summed E-state index contributed by atoms with van der Waals surface area (Å²) in [5.74, 6) is -9.08. The molecule has 3 unspecified atom stereocenters. The molecule has 3 atom stereocenters. The van der Waals surface area contributed by atoms with Gasteiger partial charge in [0, 0.05) is 6.42 Å². The van der Waals surface area contributed by atoms with E-state index in [0.717, 1.165) is 0 Å². The fourth-order valence-corrected chi connectivity index (χ4v) is 2.04. The van der Waals surface area contributed by atoms with Crippen molar-refractivity contribution in [3.63, 3.8) is 0 Å². The minimum Gasteiger partial charge on any atom is -0.481 e. The number of carbonyl (C=O) groups excluding carboxylic acids is 2. The van der Waals surface area contributed by atoms with Gasteiger partial charge in [0.1, 0.15) is 5.92 Å². The molecule has 20 heavy (non-hydrogen) atoms. The molecule has 114 valence electrons. The summed E-state index contributed by atoms with van der Waals surface area (Å²) in [5.41, 5.74) is -0.954. The smallest absolute Gasteiger partial charge is 0.393 e. The summed E-state index contributed by atoms with van der Waals surface area (Å²) in [6.07, 6.45) is -7.75. The summed E-state index contributed by atoms with van der Waals surface area (Å²) in [6.45, 7) is 4.54. The van der Waals surface area contributed by atoms with Crippen molar-refractivity contribution >= 4 is 17.5 Å². The van der Waals surface area contributed by atoms with Gasteiger partial charge in [-0.2, -0.15) is 13.2 Å². The molecule has 1 rings (SSSR count). The average molecular weight is 296 g/mol. The summed E-state index contributed by atoms with van der Waals surface area (Å²) in [7, 11) is 0. The first-order chi connectivity index (χ1) is 8.84. The van der Waals surface area contributed by atoms with Crippen LogP contribution in [0.4, 0.5) is 13.2 Å². The summed E-state index contributed by atoms with van der Waals surface area (Å²) in [5, 5.41) is 8.86. The minimum absolute atomic E-state index is 0.954. The number of rotatable bonds is 2. The highest BCUT2D eigenvalue weighted by Gasteiger charge is 2.58. The standard InChI is InChI=1S/C12H15F3O5/c1-11(2,3)20-9-6(16)4-5(12(13,14)15)7(8(9)17)10(18)19/h5,7,9H,4H2,1-3H3,(H,18,19). The Hall–Kier alpha value is -1.44. The molecule has 8 heteroatoms. The molecule has 1 aliphatic carbocycles. The number of hydrogen-bond donors (Lipinski definition) is 1. The SMILES string of the molecule is CC(C)(C)OC1C(=O)CC(C(F)(F)F)C(C(=O)O)C1=O. The van der Waals surface area contributed by atoms with Crippen molar-refractivity contribution in [2.24, 2.45) is 11.8 Å². The van der Waals surface area contributed by atoms with Crippen LogP contribution in [0.15, 0.2) is 0 Å². The lowest BCUT2D eigenvalue weighted by Gasteiger charge is -2.35. The molecule has 5 nitrogen and oxygen atoms in total. The predicted octanol–water partition coefficient (Wildman–Crippen LogP) is 1.59. The highest BCUT2D eigenvalue weighted by molar-refractivity contribution is 6.14. The van der Waals surface area contributed by atoms with Gasteiger partial charge in [0.05, 0.1) is 11.5 Å². The van der Waals surface area contributed by atoms with Crippen LogP contribution >= 0.6 is 0 Å². The number of ketones is 2.